The minimum atomic E-state index is 0.700. The first kappa shape index (κ1) is 14.2. The van der Waals surface area contributed by atoms with Crippen LogP contribution in [0.1, 0.15) is 32.4 Å². The summed E-state index contributed by atoms with van der Waals surface area (Å²) in [7, 11) is 0. The molecule has 1 aromatic heterocycles. The maximum Gasteiger partial charge on any atom is 0.147 e. The average Bonchev–Trinajstić information content (AvgIpc) is 3.26. The fraction of sp³-hybridized carbons (Fsp3) is 0.714. The Morgan fingerprint density at radius 3 is 2.89 bits per heavy atom. The Hall–Kier alpha value is -1.20. The Labute approximate surface area is 115 Å². The summed E-state index contributed by atoms with van der Waals surface area (Å²) in [5.41, 5.74) is 1.01. The summed E-state index contributed by atoms with van der Waals surface area (Å²) in [6.07, 6.45) is 6.26. The van der Waals surface area contributed by atoms with Crippen LogP contribution in [0.5, 0.6) is 0 Å². The quantitative estimate of drug-likeness (QED) is 0.686. The molecule has 0 radical (unpaired) electrons. The van der Waals surface area contributed by atoms with E-state index in [1.54, 1.807) is 0 Å². The molecular weight excluding hydrogens is 240 g/mol. The van der Waals surface area contributed by atoms with Crippen molar-refractivity contribution >= 4 is 5.82 Å². The van der Waals surface area contributed by atoms with Gasteiger partial charge >= 0.3 is 0 Å². The molecule has 0 saturated heterocycles. The number of nitrogens with one attached hydrogen (secondary N) is 1. The lowest BCUT2D eigenvalue weighted by molar-refractivity contribution is 0.154. The van der Waals surface area contributed by atoms with Gasteiger partial charge in [0.15, 0.2) is 0 Å². The monoisotopic (exact) mass is 264 g/mol. The maximum atomic E-state index is 5.40. The zero-order valence-corrected chi connectivity index (χ0v) is 11.9. The van der Waals surface area contributed by atoms with Gasteiger partial charge in [0.2, 0.25) is 0 Å². The highest BCUT2D eigenvalue weighted by atomic mass is 16.5. The van der Waals surface area contributed by atoms with E-state index in [0.29, 0.717) is 6.04 Å². The molecule has 1 aromatic rings. The highest BCUT2D eigenvalue weighted by Gasteiger charge is 2.20. The number of rotatable bonds is 9. The van der Waals surface area contributed by atoms with E-state index in [-0.39, 0.29) is 0 Å². The van der Waals surface area contributed by atoms with Crippen LogP contribution in [0.3, 0.4) is 0 Å². The van der Waals surface area contributed by atoms with Crippen LogP contribution in [0, 0.1) is 0 Å². The summed E-state index contributed by atoms with van der Waals surface area (Å²) in [6.45, 7) is 8.22. The zero-order chi connectivity index (χ0) is 13.5. The number of ether oxygens (including phenoxy) is 1. The number of hydrogen-bond donors (Lipinski definition) is 1. The van der Waals surface area contributed by atoms with Gasteiger partial charge in [-0.05, 0) is 26.7 Å². The van der Waals surface area contributed by atoms with E-state index < -0.39 is 0 Å². The Morgan fingerprint density at radius 2 is 2.21 bits per heavy atom. The van der Waals surface area contributed by atoms with Crippen LogP contribution in [0.15, 0.2) is 12.4 Å². The number of aromatic nitrogens is 2. The van der Waals surface area contributed by atoms with Gasteiger partial charge in [-0.25, -0.2) is 4.98 Å². The SMILES string of the molecule is CCOCCN(CC)c1cncc(CNC2CC2)n1. The van der Waals surface area contributed by atoms with Crippen LogP contribution in [0.4, 0.5) is 5.82 Å². The summed E-state index contributed by atoms with van der Waals surface area (Å²) >= 11 is 0. The second kappa shape index (κ2) is 7.40. The third kappa shape index (κ3) is 4.76. The van der Waals surface area contributed by atoms with Crippen LogP contribution >= 0.6 is 0 Å². The van der Waals surface area contributed by atoms with Gasteiger partial charge in [0.05, 0.1) is 18.5 Å². The van der Waals surface area contributed by atoms with Crippen LogP contribution in [0.2, 0.25) is 0 Å². The fourth-order valence-corrected chi connectivity index (χ4v) is 1.92. The van der Waals surface area contributed by atoms with Crippen LogP contribution in [0.25, 0.3) is 0 Å². The Bertz CT molecular complexity index is 381. The second-order valence-corrected chi connectivity index (χ2v) is 4.80. The van der Waals surface area contributed by atoms with Crippen molar-refractivity contribution in [3.8, 4) is 0 Å². The summed E-state index contributed by atoms with van der Waals surface area (Å²) in [4.78, 5) is 11.2. The first-order valence-electron chi connectivity index (χ1n) is 7.20. The highest BCUT2D eigenvalue weighted by Crippen LogP contribution is 2.19. The largest absolute Gasteiger partial charge is 0.380 e. The Balaban J connectivity index is 1.90. The van der Waals surface area contributed by atoms with Gasteiger partial charge in [0, 0.05) is 38.5 Å². The zero-order valence-electron chi connectivity index (χ0n) is 11.9. The molecule has 0 spiro atoms. The topological polar surface area (TPSA) is 50.3 Å². The van der Waals surface area contributed by atoms with Gasteiger partial charge in [0.25, 0.3) is 0 Å². The third-order valence-corrected chi connectivity index (χ3v) is 3.24. The predicted octanol–water partition coefficient (Wildman–Crippen LogP) is 1.59. The smallest absolute Gasteiger partial charge is 0.147 e. The standard InChI is InChI=1S/C14H24N4O/c1-3-18(7-8-19-4-2)14-11-15-9-13(17-14)10-16-12-5-6-12/h9,11-12,16H,3-8,10H2,1-2H3. The van der Waals surface area contributed by atoms with Gasteiger partial charge in [0.1, 0.15) is 5.82 Å². The van der Waals surface area contributed by atoms with E-state index in [2.05, 4.69) is 27.1 Å². The van der Waals surface area contributed by atoms with E-state index in [0.717, 1.165) is 44.4 Å². The highest BCUT2D eigenvalue weighted by molar-refractivity contribution is 5.36. The molecule has 1 heterocycles. The van der Waals surface area contributed by atoms with E-state index in [1.807, 2.05) is 19.3 Å². The molecule has 0 aliphatic heterocycles. The van der Waals surface area contributed by atoms with Gasteiger partial charge in [-0.3, -0.25) is 4.98 Å². The first-order valence-corrected chi connectivity index (χ1v) is 7.20. The van der Waals surface area contributed by atoms with Crippen molar-refractivity contribution < 1.29 is 4.74 Å². The minimum absolute atomic E-state index is 0.700. The van der Waals surface area contributed by atoms with Crippen molar-refractivity contribution in [2.75, 3.05) is 31.2 Å². The number of hydrogen-bond acceptors (Lipinski definition) is 5. The summed E-state index contributed by atoms with van der Waals surface area (Å²) in [5, 5.41) is 3.46. The molecule has 19 heavy (non-hydrogen) atoms. The molecule has 106 valence electrons. The van der Waals surface area contributed by atoms with E-state index in [1.165, 1.54) is 12.8 Å². The molecule has 0 unspecified atom stereocenters. The molecule has 2 rings (SSSR count). The van der Waals surface area contributed by atoms with E-state index in [4.69, 9.17) is 4.74 Å². The molecule has 1 aliphatic rings. The number of nitrogens with zero attached hydrogens (tertiary/aromatic N) is 3. The lowest BCUT2D eigenvalue weighted by atomic mass is 10.4. The molecule has 0 amide bonds. The molecule has 1 fully saturated rings. The molecule has 1 aliphatic carbocycles. The molecule has 0 aromatic carbocycles. The first-order chi connectivity index (χ1) is 9.33. The van der Waals surface area contributed by atoms with E-state index in [9.17, 15) is 0 Å². The number of likely N-dealkylation sites (N-methyl/N-ethyl adjacent to an activating group) is 1. The molecule has 0 bridgehead atoms. The van der Waals surface area contributed by atoms with Gasteiger partial charge < -0.3 is 15.0 Å². The summed E-state index contributed by atoms with van der Waals surface area (Å²) in [6, 6.07) is 0.700. The Kier molecular flexibility index (Phi) is 5.54. The molecule has 1 N–H and O–H groups in total. The van der Waals surface area contributed by atoms with Crippen molar-refractivity contribution in [3.05, 3.63) is 18.1 Å². The van der Waals surface area contributed by atoms with Crippen molar-refractivity contribution in [2.24, 2.45) is 0 Å². The molecule has 5 nitrogen and oxygen atoms in total. The fourth-order valence-electron chi connectivity index (χ4n) is 1.92. The number of anilines is 1. The predicted molar refractivity (Wildman–Crippen MR) is 76.3 cm³/mol. The summed E-state index contributed by atoms with van der Waals surface area (Å²) < 4.78 is 5.40. The molecule has 0 atom stereocenters. The minimum Gasteiger partial charge on any atom is -0.380 e. The van der Waals surface area contributed by atoms with Crippen LogP contribution < -0.4 is 10.2 Å². The van der Waals surface area contributed by atoms with Crippen molar-refractivity contribution in [1.29, 1.82) is 0 Å². The Morgan fingerprint density at radius 1 is 1.37 bits per heavy atom. The van der Waals surface area contributed by atoms with Crippen LogP contribution in [-0.2, 0) is 11.3 Å². The molecular formula is C14H24N4O. The summed E-state index contributed by atoms with van der Waals surface area (Å²) in [5.74, 6) is 0.942. The van der Waals surface area contributed by atoms with E-state index >= 15 is 0 Å². The normalized spacial score (nSPS) is 14.6. The van der Waals surface area contributed by atoms with Gasteiger partial charge in [-0.15, -0.1) is 0 Å². The van der Waals surface area contributed by atoms with Crippen LogP contribution in [-0.4, -0.2) is 42.3 Å². The average molecular weight is 264 g/mol. The second-order valence-electron chi connectivity index (χ2n) is 4.80. The third-order valence-electron chi connectivity index (χ3n) is 3.24. The van der Waals surface area contributed by atoms with Gasteiger partial charge in [-0.1, -0.05) is 0 Å². The van der Waals surface area contributed by atoms with Crippen molar-refractivity contribution in [2.45, 2.75) is 39.3 Å². The lowest BCUT2D eigenvalue weighted by Gasteiger charge is -2.21. The van der Waals surface area contributed by atoms with Gasteiger partial charge in [-0.2, -0.15) is 0 Å². The van der Waals surface area contributed by atoms with Crippen molar-refractivity contribution in [1.82, 2.24) is 15.3 Å². The maximum absolute atomic E-state index is 5.40. The molecule has 1 saturated carbocycles. The van der Waals surface area contributed by atoms with Crippen molar-refractivity contribution in [3.63, 3.8) is 0 Å². The lowest BCUT2D eigenvalue weighted by Crippen LogP contribution is -2.28. The molecule has 5 heteroatoms.